The Bertz CT molecular complexity index is 1450. The number of hydrogen-bond donors (Lipinski definition) is 2. The van der Waals surface area contributed by atoms with Gasteiger partial charge in [0.25, 0.3) is 5.56 Å². The third-order valence-corrected chi connectivity index (χ3v) is 6.87. The van der Waals surface area contributed by atoms with Crippen LogP contribution in [0.25, 0.3) is 16.7 Å². The Morgan fingerprint density at radius 2 is 1.94 bits per heavy atom. The molecule has 0 amide bonds. The molecule has 4 heterocycles. The van der Waals surface area contributed by atoms with E-state index in [-0.39, 0.29) is 11.6 Å². The molecule has 0 atom stereocenters. The van der Waals surface area contributed by atoms with E-state index in [2.05, 4.69) is 44.9 Å². The van der Waals surface area contributed by atoms with Crippen molar-refractivity contribution in [1.82, 2.24) is 29.6 Å². The Labute approximate surface area is 190 Å². The Kier molecular flexibility index (Phi) is 4.17. The summed E-state index contributed by atoms with van der Waals surface area (Å²) in [5.74, 6) is 1.03. The second kappa shape index (κ2) is 7.25. The summed E-state index contributed by atoms with van der Waals surface area (Å²) < 4.78 is 3.84. The fourth-order valence-corrected chi connectivity index (χ4v) is 4.81. The maximum atomic E-state index is 13.3. The molecule has 1 aliphatic heterocycles. The molecule has 0 saturated heterocycles. The number of fused-ring (bicyclic) bond motifs is 2. The number of hydrogen-bond acceptors (Lipinski definition) is 6. The summed E-state index contributed by atoms with van der Waals surface area (Å²) >= 11 is 0. The molecule has 0 unspecified atom stereocenters. The maximum Gasteiger partial charge on any atom is 0.278 e. The van der Waals surface area contributed by atoms with Crippen LogP contribution in [0.2, 0.25) is 0 Å². The lowest BCUT2D eigenvalue weighted by molar-refractivity contribution is 0.559. The molecule has 4 aromatic rings. The van der Waals surface area contributed by atoms with Gasteiger partial charge in [-0.2, -0.15) is 4.98 Å². The van der Waals surface area contributed by atoms with Crippen LogP contribution in [0.5, 0.6) is 0 Å². The first-order valence-electron chi connectivity index (χ1n) is 11.8. The molecular weight excluding hydrogens is 414 g/mol. The second-order valence-electron chi connectivity index (χ2n) is 9.37. The molecule has 2 saturated carbocycles. The normalized spacial score (nSPS) is 17.8. The predicted molar refractivity (Wildman–Crippen MR) is 126 cm³/mol. The molecule has 2 fully saturated rings. The number of benzene rings is 1. The number of nitrogens with zero attached hydrogens (tertiary/aromatic N) is 5. The molecule has 166 valence electrons. The Morgan fingerprint density at radius 3 is 2.79 bits per heavy atom. The minimum atomic E-state index is -0.0244. The quantitative estimate of drug-likeness (QED) is 0.494. The highest BCUT2D eigenvalue weighted by atomic mass is 16.1. The SMILES string of the molecule is O=c1c2cnc(Nc3ccc4c(c3)CNCC4)nc2n(-c2ccnc(C3CC3)c2)n1C1CC1. The zero-order valence-electron chi connectivity index (χ0n) is 18.3. The van der Waals surface area contributed by atoms with Crippen molar-refractivity contribution in [2.24, 2.45) is 0 Å². The van der Waals surface area contributed by atoms with Crippen LogP contribution in [0.15, 0.2) is 47.5 Å². The van der Waals surface area contributed by atoms with Gasteiger partial charge in [-0.05, 0) is 74.0 Å². The summed E-state index contributed by atoms with van der Waals surface area (Å²) in [6.45, 7) is 1.90. The van der Waals surface area contributed by atoms with Gasteiger partial charge in [0.15, 0.2) is 5.65 Å². The summed E-state index contributed by atoms with van der Waals surface area (Å²) in [4.78, 5) is 27.2. The fourth-order valence-electron chi connectivity index (χ4n) is 4.81. The summed E-state index contributed by atoms with van der Waals surface area (Å²) in [6.07, 6.45) is 8.95. The van der Waals surface area contributed by atoms with Gasteiger partial charge in [0.2, 0.25) is 5.95 Å². The number of rotatable bonds is 5. The van der Waals surface area contributed by atoms with Gasteiger partial charge in [-0.1, -0.05) is 6.07 Å². The van der Waals surface area contributed by atoms with Crippen LogP contribution >= 0.6 is 0 Å². The summed E-state index contributed by atoms with van der Waals surface area (Å²) in [5.41, 5.74) is 6.28. The molecule has 0 bridgehead atoms. The molecule has 7 rings (SSSR count). The van der Waals surface area contributed by atoms with Gasteiger partial charge >= 0.3 is 0 Å². The monoisotopic (exact) mass is 439 g/mol. The fraction of sp³-hybridized carbons (Fsp3) is 0.360. The zero-order valence-corrected chi connectivity index (χ0v) is 18.3. The van der Waals surface area contributed by atoms with Gasteiger partial charge in [0.05, 0.1) is 11.7 Å². The van der Waals surface area contributed by atoms with Crippen LogP contribution in [0, 0.1) is 0 Å². The zero-order chi connectivity index (χ0) is 21.9. The van der Waals surface area contributed by atoms with Gasteiger partial charge < -0.3 is 10.6 Å². The largest absolute Gasteiger partial charge is 0.324 e. The molecule has 1 aromatic carbocycles. The number of aromatic nitrogens is 5. The standard InChI is InChI=1S/C25H25N7O/c33-24-21-14-28-25(29-18-4-3-15-7-9-26-13-17(15)11-18)30-23(21)31(32(24)19-5-6-19)20-8-10-27-22(12-20)16-1-2-16/h3-4,8,10-12,14,16,19,26H,1-2,5-7,9,13H2,(H,28,29,30). The van der Waals surface area contributed by atoms with Crippen LogP contribution in [-0.4, -0.2) is 30.9 Å². The van der Waals surface area contributed by atoms with E-state index in [4.69, 9.17) is 4.98 Å². The lowest BCUT2D eigenvalue weighted by atomic mass is 10.0. The van der Waals surface area contributed by atoms with Gasteiger partial charge in [-0.3, -0.25) is 9.78 Å². The Morgan fingerprint density at radius 1 is 1.03 bits per heavy atom. The highest BCUT2D eigenvalue weighted by Gasteiger charge is 2.31. The average Bonchev–Trinajstić information content (AvgIpc) is 3.77. The van der Waals surface area contributed by atoms with E-state index in [1.165, 1.54) is 24.0 Å². The van der Waals surface area contributed by atoms with Gasteiger partial charge in [0, 0.05) is 36.2 Å². The number of pyridine rings is 1. The maximum absolute atomic E-state index is 13.3. The topological polar surface area (TPSA) is 89.7 Å². The third-order valence-electron chi connectivity index (χ3n) is 6.87. The first-order chi connectivity index (χ1) is 16.2. The molecule has 0 spiro atoms. The molecule has 2 aliphatic carbocycles. The Balaban J connectivity index is 1.33. The van der Waals surface area contributed by atoms with Crippen LogP contribution in [-0.2, 0) is 13.0 Å². The van der Waals surface area contributed by atoms with Crippen molar-refractivity contribution in [3.63, 3.8) is 0 Å². The van der Waals surface area contributed by atoms with E-state index in [1.807, 2.05) is 21.6 Å². The Hall–Kier alpha value is -3.52. The average molecular weight is 440 g/mol. The minimum Gasteiger partial charge on any atom is -0.324 e. The van der Waals surface area contributed by atoms with E-state index in [1.54, 1.807) is 6.20 Å². The molecule has 8 nitrogen and oxygen atoms in total. The molecule has 3 aliphatic rings. The van der Waals surface area contributed by atoms with Gasteiger partial charge in [-0.25, -0.2) is 14.3 Å². The first-order valence-corrected chi connectivity index (χ1v) is 11.8. The van der Waals surface area contributed by atoms with Gasteiger partial charge in [0.1, 0.15) is 5.39 Å². The van der Waals surface area contributed by atoms with Crippen molar-refractivity contribution >= 4 is 22.7 Å². The van der Waals surface area contributed by atoms with Crippen LogP contribution in [0.3, 0.4) is 0 Å². The highest BCUT2D eigenvalue weighted by Crippen LogP contribution is 2.40. The molecule has 8 heteroatoms. The van der Waals surface area contributed by atoms with E-state index in [0.717, 1.165) is 49.4 Å². The van der Waals surface area contributed by atoms with Gasteiger partial charge in [-0.15, -0.1) is 0 Å². The second-order valence-corrected chi connectivity index (χ2v) is 9.37. The van der Waals surface area contributed by atoms with E-state index < -0.39 is 0 Å². The van der Waals surface area contributed by atoms with Crippen LogP contribution in [0.4, 0.5) is 11.6 Å². The summed E-state index contributed by atoms with van der Waals surface area (Å²) in [5, 5.41) is 7.32. The van der Waals surface area contributed by atoms with E-state index >= 15 is 0 Å². The summed E-state index contributed by atoms with van der Waals surface area (Å²) in [7, 11) is 0. The minimum absolute atomic E-state index is 0.0244. The molecular formula is C25H25N7O. The molecule has 2 N–H and O–H groups in total. The van der Waals surface area contributed by atoms with Crippen LogP contribution in [0.1, 0.15) is 54.5 Å². The lowest BCUT2D eigenvalue weighted by Gasteiger charge is -2.18. The predicted octanol–water partition coefficient (Wildman–Crippen LogP) is 3.58. The van der Waals surface area contributed by atoms with Crippen LogP contribution < -0.4 is 16.2 Å². The number of nitrogens with one attached hydrogen (secondary N) is 2. The van der Waals surface area contributed by atoms with Crippen molar-refractivity contribution in [1.29, 1.82) is 0 Å². The lowest BCUT2D eigenvalue weighted by Crippen LogP contribution is -2.23. The van der Waals surface area contributed by atoms with Crippen molar-refractivity contribution in [2.45, 2.75) is 50.6 Å². The van der Waals surface area contributed by atoms with Crippen molar-refractivity contribution in [3.8, 4) is 5.69 Å². The first kappa shape index (κ1) is 19.0. The van der Waals surface area contributed by atoms with Crippen molar-refractivity contribution in [2.75, 3.05) is 11.9 Å². The molecule has 0 radical (unpaired) electrons. The van der Waals surface area contributed by atoms with E-state index in [0.29, 0.717) is 22.9 Å². The van der Waals surface area contributed by atoms with Crippen molar-refractivity contribution < 1.29 is 0 Å². The number of anilines is 2. The van der Waals surface area contributed by atoms with Crippen molar-refractivity contribution in [3.05, 3.63) is 69.9 Å². The molecule has 3 aromatic heterocycles. The molecule has 33 heavy (non-hydrogen) atoms. The van der Waals surface area contributed by atoms with E-state index in [9.17, 15) is 4.79 Å². The third kappa shape index (κ3) is 3.33. The smallest absolute Gasteiger partial charge is 0.278 e. The summed E-state index contributed by atoms with van der Waals surface area (Å²) in [6, 6.07) is 10.7. The highest BCUT2D eigenvalue weighted by molar-refractivity contribution is 5.77.